The Balaban J connectivity index is 2.22. The highest BCUT2D eigenvalue weighted by atomic mass is 14.3. The van der Waals surface area contributed by atoms with E-state index in [0.717, 1.165) is 11.8 Å². The van der Waals surface area contributed by atoms with Crippen LogP contribution in [0.25, 0.3) is 0 Å². The molecule has 0 bridgehead atoms. The average Bonchev–Trinajstić information content (AvgIpc) is 2.58. The second kappa shape index (κ2) is 9.38. The van der Waals surface area contributed by atoms with Gasteiger partial charge in [-0.15, -0.1) is 0 Å². The number of hydrogen-bond donors (Lipinski definition) is 0. The summed E-state index contributed by atoms with van der Waals surface area (Å²) in [5.74, 6) is 1.68. The SMILES string of the molecule is CCCCc1cccc(C(C)C2CCCCC2)c1CCCC. The van der Waals surface area contributed by atoms with E-state index in [1.165, 1.54) is 70.6 Å². The van der Waals surface area contributed by atoms with E-state index in [9.17, 15) is 0 Å². The van der Waals surface area contributed by atoms with Gasteiger partial charge in [0.25, 0.3) is 0 Å². The van der Waals surface area contributed by atoms with Crippen molar-refractivity contribution < 1.29 is 0 Å². The fraction of sp³-hybridized carbons (Fsp3) is 0.727. The van der Waals surface area contributed by atoms with E-state index in [4.69, 9.17) is 0 Å². The molecule has 0 heterocycles. The van der Waals surface area contributed by atoms with Crippen LogP contribution in [0.4, 0.5) is 0 Å². The normalized spacial score (nSPS) is 17.6. The summed E-state index contributed by atoms with van der Waals surface area (Å²) in [6, 6.07) is 7.17. The summed E-state index contributed by atoms with van der Waals surface area (Å²) in [6.07, 6.45) is 15.1. The number of unbranched alkanes of at least 4 members (excludes halogenated alkanes) is 2. The van der Waals surface area contributed by atoms with Gasteiger partial charge in [0.05, 0.1) is 0 Å². The topological polar surface area (TPSA) is 0 Å². The smallest absolute Gasteiger partial charge is 0.0159 e. The van der Waals surface area contributed by atoms with Crippen LogP contribution in [-0.4, -0.2) is 0 Å². The van der Waals surface area contributed by atoms with Gasteiger partial charge in [0.15, 0.2) is 0 Å². The Morgan fingerprint density at radius 1 is 0.955 bits per heavy atom. The van der Waals surface area contributed by atoms with Gasteiger partial charge in [-0.2, -0.15) is 0 Å². The van der Waals surface area contributed by atoms with E-state index >= 15 is 0 Å². The molecular weight excluding hydrogens is 264 g/mol. The fourth-order valence-electron chi connectivity index (χ4n) is 4.23. The standard InChI is InChI=1S/C22H36/c1-4-6-12-20-15-11-17-21(22(20)16-7-5-2)18(3)19-13-9-8-10-14-19/h11,15,17-19H,4-10,12-14,16H2,1-3H3. The van der Waals surface area contributed by atoms with Gasteiger partial charge >= 0.3 is 0 Å². The zero-order valence-electron chi connectivity index (χ0n) is 15.2. The van der Waals surface area contributed by atoms with Crippen LogP contribution in [0.3, 0.4) is 0 Å². The minimum absolute atomic E-state index is 0.758. The summed E-state index contributed by atoms with van der Waals surface area (Å²) in [7, 11) is 0. The second-order valence-electron chi connectivity index (χ2n) is 7.38. The summed E-state index contributed by atoms with van der Waals surface area (Å²) in [4.78, 5) is 0. The third-order valence-corrected chi connectivity index (χ3v) is 5.74. The van der Waals surface area contributed by atoms with Crippen LogP contribution in [-0.2, 0) is 12.8 Å². The molecule has 1 aliphatic carbocycles. The van der Waals surface area contributed by atoms with Gasteiger partial charge in [-0.05, 0) is 67.1 Å². The zero-order valence-corrected chi connectivity index (χ0v) is 15.2. The third kappa shape index (κ3) is 4.61. The van der Waals surface area contributed by atoms with Crippen molar-refractivity contribution in [2.75, 3.05) is 0 Å². The van der Waals surface area contributed by atoms with E-state index in [0.29, 0.717) is 0 Å². The lowest BCUT2D eigenvalue weighted by molar-refractivity contribution is 0.315. The third-order valence-electron chi connectivity index (χ3n) is 5.74. The van der Waals surface area contributed by atoms with Crippen LogP contribution in [0.15, 0.2) is 18.2 Å². The molecule has 1 fully saturated rings. The van der Waals surface area contributed by atoms with E-state index in [-0.39, 0.29) is 0 Å². The first-order chi connectivity index (χ1) is 10.8. The van der Waals surface area contributed by atoms with Crippen LogP contribution < -0.4 is 0 Å². The maximum atomic E-state index is 2.50. The first kappa shape index (κ1) is 17.6. The van der Waals surface area contributed by atoms with Crippen LogP contribution in [0.1, 0.15) is 101 Å². The Morgan fingerprint density at radius 2 is 1.64 bits per heavy atom. The molecule has 0 nitrogen and oxygen atoms in total. The largest absolute Gasteiger partial charge is 0.0654 e. The molecule has 1 atom stereocenters. The molecule has 0 radical (unpaired) electrons. The summed E-state index contributed by atoms with van der Waals surface area (Å²) in [6.45, 7) is 7.13. The molecule has 2 rings (SSSR count). The molecular formula is C22H36. The molecule has 124 valence electrons. The molecule has 1 aliphatic rings. The van der Waals surface area contributed by atoms with Crippen molar-refractivity contribution >= 4 is 0 Å². The van der Waals surface area contributed by atoms with E-state index in [1.54, 1.807) is 16.7 Å². The van der Waals surface area contributed by atoms with Gasteiger partial charge in [0.2, 0.25) is 0 Å². The molecule has 0 saturated heterocycles. The van der Waals surface area contributed by atoms with Crippen molar-refractivity contribution in [1.29, 1.82) is 0 Å². The highest BCUT2D eigenvalue weighted by molar-refractivity contribution is 5.38. The molecule has 22 heavy (non-hydrogen) atoms. The lowest BCUT2D eigenvalue weighted by Gasteiger charge is -2.30. The predicted molar refractivity (Wildman–Crippen MR) is 98.7 cm³/mol. The first-order valence-corrected chi connectivity index (χ1v) is 9.88. The first-order valence-electron chi connectivity index (χ1n) is 9.88. The van der Waals surface area contributed by atoms with E-state index in [2.05, 4.69) is 39.0 Å². The van der Waals surface area contributed by atoms with Gasteiger partial charge in [-0.3, -0.25) is 0 Å². The fourth-order valence-corrected chi connectivity index (χ4v) is 4.23. The van der Waals surface area contributed by atoms with Gasteiger partial charge in [0.1, 0.15) is 0 Å². The Hall–Kier alpha value is -0.780. The summed E-state index contributed by atoms with van der Waals surface area (Å²) in [5.41, 5.74) is 5.06. The monoisotopic (exact) mass is 300 g/mol. The molecule has 0 N–H and O–H groups in total. The Bertz CT molecular complexity index is 426. The minimum atomic E-state index is 0.758. The van der Waals surface area contributed by atoms with Crippen molar-refractivity contribution in [2.24, 2.45) is 5.92 Å². The van der Waals surface area contributed by atoms with Crippen molar-refractivity contribution in [3.8, 4) is 0 Å². The molecule has 1 saturated carbocycles. The summed E-state index contributed by atoms with van der Waals surface area (Å²) in [5, 5.41) is 0. The highest BCUT2D eigenvalue weighted by Gasteiger charge is 2.23. The maximum Gasteiger partial charge on any atom is -0.0159 e. The van der Waals surface area contributed by atoms with Crippen LogP contribution in [0, 0.1) is 5.92 Å². The number of rotatable bonds is 8. The molecule has 1 aromatic carbocycles. The zero-order chi connectivity index (χ0) is 15.8. The molecule has 0 spiro atoms. The van der Waals surface area contributed by atoms with Gasteiger partial charge in [0, 0.05) is 0 Å². The van der Waals surface area contributed by atoms with Crippen LogP contribution in [0.5, 0.6) is 0 Å². The predicted octanol–water partition coefficient (Wildman–Crippen LogP) is 7.06. The molecule has 0 heteroatoms. The second-order valence-corrected chi connectivity index (χ2v) is 7.38. The molecule has 1 aromatic rings. The number of hydrogen-bond acceptors (Lipinski definition) is 0. The van der Waals surface area contributed by atoms with Crippen molar-refractivity contribution in [2.45, 2.75) is 97.3 Å². The van der Waals surface area contributed by atoms with E-state index < -0.39 is 0 Å². The summed E-state index contributed by atoms with van der Waals surface area (Å²) < 4.78 is 0. The molecule has 1 unspecified atom stereocenters. The Labute approximate surface area is 138 Å². The Kier molecular flexibility index (Phi) is 7.49. The minimum Gasteiger partial charge on any atom is -0.0654 e. The summed E-state index contributed by atoms with van der Waals surface area (Å²) >= 11 is 0. The highest BCUT2D eigenvalue weighted by Crippen LogP contribution is 2.38. The van der Waals surface area contributed by atoms with Crippen LogP contribution in [0.2, 0.25) is 0 Å². The van der Waals surface area contributed by atoms with Crippen molar-refractivity contribution in [3.05, 3.63) is 34.9 Å². The van der Waals surface area contributed by atoms with Gasteiger partial charge < -0.3 is 0 Å². The maximum absolute atomic E-state index is 2.50. The molecule has 0 amide bonds. The van der Waals surface area contributed by atoms with Crippen molar-refractivity contribution in [3.63, 3.8) is 0 Å². The molecule has 0 aromatic heterocycles. The lowest BCUT2D eigenvalue weighted by atomic mass is 9.75. The van der Waals surface area contributed by atoms with E-state index in [1.807, 2.05) is 0 Å². The molecule has 0 aliphatic heterocycles. The van der Waals surface area contributed by atoms with Gasteiger partial charge in [-0.25, -0.2) is 0 Å². The quantitative estimate of drug-likeness (QED) is 0.482. The van der Waals surface area contributed by atoms with Crippen LogP contribution >= 0.6 is 0 Å². The lowest BCUT2D eigenvalue weighted by Crippen LogP contribution is -2.16. The average molecular weight is 301 g/mol. The van der Waals surface area contributed by atoms with Gasteiger partial charge in [-0.1, -0.05) is 71.1 Å². The van der Waals surface area contributed by atoms with Crippen molar-refractivity contribution in [1.82, 2.24) is 0 Å². The number of aryl methyl sites for hydroxylation is 1. The number of benzene rings is 1. The Morgan fingerprint density at radius 3 is 2.32 bits per heavy atom.